The lowest BCUT2D eigenvalue weighted by molar-refractivity contribution is -0.134. The zero-order valence-electron chi connectivity index (χ0n) is 16.6. The Morgan fingerprint density at radius 2 is 1.93 bits per heavy atom. The first kappa shape index (κ1) is 19.9. The van der Waals surface area contributed by atoms with Gasteiger partial charge < -0.3 is 14.5 Å². The molecule has 0 radical (unpaired) electrons. The maximum atomic E-state index is 13.1. The minimum atomic E-state index is -0.586. The Balaban J connectivity index is 1.79. The van der Waals surface area contributed by atoms with Crippen LogP contribution < -0.4 is 4.90 Å². The molecule has 2 aliphatic rings. The second-order valence-electron chi connectivity index (χ2n) is 8.12. The molecular formula is C20H29N3O3S. The number of carbonyl (C=O) groups excluding carboxylic acids is 2. The fraction of sp³-hybridized carbons (Fsp3) is 0.600. The maximum Gasteiger partial charge on any atom is 0.411 e. The summed E-state index contributed by atoms with van der Waals surface area (Å²) in [6.07, 6.45) is 0.210. The maximum absolute atomic E-state index is 13.1. The molecule has 3 rings (SSSR count). The van der Waals surface area contributed by atoms with Gasteiger partial charge in [-0.25, -0.2) is 4.79 Å². The highest BCUT2D eigenvalue weighted by Crippen LogP contribution is 2.29. The molecule has 0 bridgehead atoms. The van der Waals surface area contributed by atoms with Gasteiger partial charge in [0.05, 0.1) is 5.88 Å². The number of nitrogens with zero attached hydrogens (tertiary/aromatic N) is 3. The van der Waals surface area contributed by atoms with Crippen LogP contribution in [0.5, 0.6) is 0 Å². The van der Waals surface area contributed by atoms with Crippen LogP contribution in [-0.4, -0.2) is 71.3 Å². The number of carbonyl (C=O) groups is 2. The van der Waals surface area contributed by atoms with Crippen LogP contribution in [0.4, 0.5) is 10.5 Å². The molecule has 0 unspecified atom stereocenters. The van der Waals surface area contributed by atoms with Crippen molar-refractivity contribution in [1.82, 2.24) is 9.80 Å². The van der Waals surface area contributed by atoms with Crippen LogP contribution in [0.25, 0.3) is 0 Å². The van der Waals surface area contributed by atoms with Crippen molar-refractivity contribution in [3.63, 3.8) is 0 Å². The summed E-state index contributed by atoms with van der Waals surface area (Å²) in [5.41, 5.74) is 0.494. The first-order valence-electron chi connectivity index (χ1n) is 9.40. The Hall–Kier alpha value is -1.89. The molecule has 0 spiro atoms. The van der Waals surface area contributed by atoms with Crippen LogP contribution >= 0.6 is 11.8 Å². The Morgan fingerprint density at radius 1 is 1.22 bits per heavy atom. The van der Waals surface area contributed by atoms with Crippen LogP contribution in [-0.2, 0) is 9.53 Å². The minimum absolute atomic E-state index is 0.0369. The molecule has 1 aromatic carbocycles. The molecule has 2 saturated heterocycles. The van der Waals surface area contributed by atoms with Crippen LogP contribution in [0.1, 0.15) is 27.2 Å². The third-order valence-electron chi connectivity index (χ3n) is 4.97. The molecule has 2 amide bonds. The summed E-state index contributed by atoms with van der Waals surface area (Å²) in [5.74, 6) is 1.70. The van der Waals surface area contributed by atoms with Gasteiger partial charge in [-0.05, 0) is 39.3 Å². The lowest BCUT2D eigenvalue weighted by atomic mass is 10.1. The molecule has 2 heterocycles. The van der Waals surface area contributed by atoms with Crippen molar-refractivity contribution in [3.8, 4) is 0 Å². The van der Waals surface area contributed by atoms with Crippen LogP contribution in [0.3, 0.4) is 0 Å². The molecule has 0 saturated carbocycles. The molecule has 6 nitrogen and oxygen atoms in total. The van der Waals surface area contributed by atoms with Crippen molar-refractivity contribution in [2.24, 2.45) is 0 Å². The van der Waals surface area contributed by atoms with E-state index >= 15 is 0 Å². The molecule has 27 heavy (non-hydrogen) atoms. The topological polar surface area (TPSA) is 53.1 Å². The standard InChI is InChI=1S/C20H29N3O3S/c1-20(2,3)26-19(25)23-13-16(21(4)15-8-6-5-7-9-15)12-17(23)18(24)22-10-11-27-14-22/h5-9,16-17H,10-14H2,1-4H3/t16-,17-/m0/s1. The summed E-state index contributed by atoms with van der Waals surface area (Å²) in [6.45, 7) is 6.78. The van der Waals surface area contributed by atoms with Crippen molar-refractivity contribution in [2.75, 3.05) is 36.7 Å². The summed E-state index contributed by atoms with van der Waals surface area (Å²) in [4.78, 5) is 31.5. The van der Waals surface area contributed by atoms with E-state index in [1.165, 1.54) is 0 Å². The highest BCUT2D eigenvalue weighted by atomic mass is 32.2. The van der Waals surface area contributed by atoms with E-state index in [1.807, 2.05) is 63.1 Å². The lowest BCUT2D eigenvalue weighted by Gasteiger charge is -2.30. The van der Waals surface area contributed by atoms with Gasteiger partial charge in [-0.2, -0.15) is 0 Å². The normalized spacial score (nSPS) is 22.8. The van der Waals surface area contributed by atoms with Gasteiger partial charge in [0.15, 0.2) is 0 Å². The number of rotatable bonds is 3. The second-order valence-corrected chi connectivity index (χ2v) is 9.20. The highest BCUT2D eigenvalue weighted by Gasteiger charge is 2.44. The van der Waals surface area contributed by atoms with Crippen molar-refractivity contribution >= 4 is 29.4 Å². The first-order valence-corrected chi connectivity index (χ1v) is 10.6. The summed E-state index contributed by atoms with van der Waals surface area (Å²) < 4.78 is 5.59. The monoisotopic (exact) mass is 391 g/mol. The van der Waals surface area contributed by atoms with Crippen molar-refractivity contribution < 1.29 is 14.3 Å². The molecule has 7 heteroatoms. The molecule has 2 aliphatic heterocycles. The Labute approximate surface area is 165 Å². The largest absolute Gasteiger partial charge is 0.444 e. The molecule has 0 N–H and O–H groups in total. The lowest BCUT2D eigenvalue weighted by Crippen LogP contribution is -2.48. The quantitative estimate of drug-likeness (QED) is 0.793. The van der Waals surface area contributed by atoms with E-state index in [0.29, 0.717) is 18.8 Å². The first-order chi connectivity index (χ1) is 12.8. The third kappa shape index (κ3) is 4.69. The van der Waals surface area contributed by atoms with Gasteiger partial charge in [0.2, 0.25) is 5.91 Å². The number of hydrogen-bond acceptors (Lipinski definition) is 5. The van der Waals surface area contributed by atoms with Gasteiger partial charge in [0.25, 0.3) is 0 Å². The van der Waals surface area contributed by atoms with E-state index < -0.39 is 17.7 Å². The Bertz CT molecular complexity index is 671. The molecule has 0 aromatic heterocycles. The molecule has 148 valence electrons. The number of anilines is 1. The Morgan fingerprint density at radius 3 is 2.52 bits per heavy atom. The average Bonchev–Trinajstić information content (AvgIpc) is 3.30. The number of benzene rings is 1. The summed E-state index contributed by atoms with van der Waals surface area (Å²) in [6, 6.07) is 9.68. The van der Waals surface area contributed by atoms with E-state index in [4.69, 9.17) is 4.74 Å². The Kier molecular flexibility index (Phi) is 5.89. The van der Waals surface area contributed by atoms with Crippen LogP contribution in [0.15, 0.2) is 30.3 Å². The predicted octanol–water partition coefficient (Wildman–Crippen LogP) is 3.03. The number of hydrogen-bond donors (Lipinski definition) is 0. The molecule has 1 aromatic rings. The van der Waals surface area contributed by atoms with Gasteiger partial charge >= 0.3 is 6.09 Å². The number of likely N-dealkylation sites (tertiary alicyclic amines) is 1. The van der Waals surface area contributed by atoms with Gasteiger partial charge in [-0.1, -0.05) is 18.2 Å². The highest BCUT2D eigenvalue weighted by molar-refractivity contribution is 7.99. The smallest absolute Gasteiger partial charge is 0.411 e. The summed E-state index contributed by atoms with van der Waals surface area (Å²) >= 11 is 1.75. The van der Waals surface area contributed by atoms with Gasteiger partial charge in [0, 0.05) is 37.6 Å². The van der Waals surface area contributed by atoms with Crippen molar-refractivity contribution in [3.05, 3.63) is 30.3 Å². The zero-order valence-corrected chi connectivity index (χ0v) is 17.4. The van der Waals surface area contributed by atoms with Crippen molar-refractivity contribution in [1.29, 1.82) is 0 Å². The summed E-state index contributed by atoms with van der Waals surface area (Å²) in [5, 5.41) is 0. The number of thioether (sulfide) groups is 1. The van der Waals surface area contributed by atoms with Gasteiger partial charge in [0.1, 0.15) is 11.6 Å². The van der Waals surface area contributed by atoms with E-state index in [-0.39, 0.29) is 11.9 Å². The average molecular weight is 392 g/mol. The third-order valence-corrected chi connectivity index (χ3v) is 5.93. The second kappa shape index (κ2) is 8.00. The zero-order chi connectivity index (χ0) is 19.6. The molecule has 0 aliphatic carbocycles. The number of ether oxygens (including phenoxy) is 1. The fourth-order valence-corrected chi connectivity index (χ4v) is 4.48. The predicted molar refractivity (Wildman–Crippen MR) is 109 cm³/mol. The molecule has 2 fully saturated rings. The van der Waals surface area contributed by atoms with E-state index in [9.17, 15) is 9.59 Å². The van der Waals surface area contributed by atoms with E-state index in [2.05, 4.69) is 4.90 Å². The molecule has 2 atom stereocenters. The van der Waals surface area contributed by atoms with Crippen LogP contribution in [0.2, 0.25) is 0 Å². The number of para-hydroxylation sites is 1. The molecular weight excluding hydrogens is 362 g/mol. The van der Waals surface area contributed by atoms with E-state index in [0.717, 1.165) is 18.0 Å². The fourth-order valence-electron chi connectivity index (χ4n) is 3.52. The van der Waals surface area contributed by atoms with Gasteiger partial charge in [-0.15, -0.1) is 11.8 Å². The minimum Gasteiger partial charge on any atom is -0.444 e. The van der Waals surface area contributed by atoms with Gasteiger partial charge in [-0.3, -0.25) is 9.69 Å². The number of likely N-dealkylation sites (N-methyl/N-ethyl adjacent to an activating group) is 1. The number of amides is 2. The van der Waals surface area contributed by atoms with Crippen molar-refractivity contribution in [2.45, 2.75) is 44.9 Å². The SMILES string of the molecule is CN(c1ccccc1)[C@H]1C[C@@H](C(=O)N2CCSC2)N(C(=O)OC(C)(C)C)C1. The van der Waals surface area contributed by atoms with E-state index in [1.54, 1.807) is 16.7 Å². The summed E-state index contributed by atoms with van der Waals surface area (Å²) in [7, 11) is 2.02. The van der Waals surface area contributed by atoms with Crippen LogP contribution in [0, 0.1) is 0 Å².